The molecule has 4 rings (SSSR count). The number of nitrogens with zero attached hydrogens (tertiary/aromatic N) is 2. The summed E-state index contributed by atoms with van der Waals surface area (Å²) in [6, 6.07) is 16.1. The maximum atomic E-state index is 12.8. The van der Waals surface area contributed by atoms with Crippen LogP contribution in [0.3, 0.4) is 0 Å². The molecule has 0 saturated carbocycles. The van der Waals surface area contributed by atoms with E-state index in [1.54, 1.807) is 48.8 Å². The first-order valence-electron chi connectivity index (χ1n) is 8.49. The molecule has 6 nitrogen and oxygen atoms in total. The normalized spacial score (nSPS) is 13.6. The number of benzene rings is 2. The highest BCUT2D eigenvalue weighted by Gasteiger charge is 2.25. The Morgan fingerprint density at radius 2 is 1.78 bits per heavy atom. The third kappa shape index (κ3) is 3.41. The number of allylic oxidation sites excluding steroid dienone is 1. The van der Waals surface area contributed by atoms with Crippen molar-refractivity contribution in [3.63, 3.8) is 0 Å². The molecule has 3 aromatic rings. The molecular formula is C20H17N3O3S. The highest BCUT2D eigenvalue weighted by atomic mass is 32.2. The Bertz CT molecular complexity index is 1130. The fourth-order valence-corrected chi connectivity index (χ4v) is 4.28. The van der Waals surface area contributed by atoms with Gasteiger partial charge in [-0.25, -0.2) is 17.8 Å². The van der Waals surface area contributed by atoms with E-state index in [4.69, 9.17) is 0 Å². The van der Waals surface area contributed by atoms with Crippen molar-refractivity contribution in [2.75, 3.05) is 0 Å². The van der Waals surface area contributed by atoms with E-state index in [1.165, 1.54) is 4.68 Å². The first-order valence-corrected chi connectivity index (χ1v) is 9.97. The molecule has 27 heavy (non-hydrogen) atoms. The van der Waals surface area contributed by atoms with Crippen LogP contribution in [0, 0.1) is 0 Å². The maximum Gasteiger partial charge on any atom is 0.267 e. The van der Waals surface area contributed by atoms with Crippen molar-refractivity contribution in [3.8, 4) is 5.69 Å². The molecule has 0 spiro atoms. The average Bonchev–Trinajstić information content (AvgIpc) is 3.22. The third-order valence-corrected chi connectivity index (χ3v) is 5.95. The molecule has 0 fully saturated rings. The van der Waals surface area contributed by atoms with Crippen molar-refractivity contribution < 1.29 is 13.2 Å². The SMILES string of the molecule is O=C(NS(=O)(=O)C1=Cc2ccccc2CC1)c1ccccc1-n1cccn1. The smallest absolute Gasteiger partial charge is 0.267 e. The van der Waals surface area contributed by atoms with E-state index in [9.17, 15) is 13.2 Å². The van der Waals surface area contributed by atoms with Crippen LogP contribution in [0.5, 0.6) is 0 Å². The van der Waals surface area contributed by atoms with Crippen LogP contribution in [0.1, 0.15) is 27.9 Å². The summed E-state index contributed by atoms with van der Waals surface area (Å²) in [7, 11) is -3.93. The molecule has 2 aromatic carbocycles. The molecule has 136 valence electrons. The molecule has 0 bridgehead atoms. The molecule has 0 unspecified atom stereocenters. The number of sulfonamides is 1. The van der Waals surface area contributed by atoms with Crippen LogP contribution in [0.4, 0.5) is 0 Å². The van der Waals surface area contributed by atoms with Gasteiger partial charge < -0.3 is 0 Å². The monoisotopic (exact) mass is 379 g/mol. The number of aromatic nitrogens is 2. The van der Waals surface area contributed by atoms with Crippen molar-refractivity contribution in [2.45, 2.75) is 12.8 Å². The van der Waals surface area contributed by atoms with Crippen LogP contribution >= 0.6 is 0 Å². The summed E-state index contributed by atoms with van der Waals surface area (Å²) in [4.78, 5) is 12.9. The minimum atomic E-state index is -3.93. The Kier molecular flexibility index (Phi) is 4.37. The number of aryl methyl sites for hydroxylation is 1. The minimum Gasteiger partial charge on any atom is -0.268 e. The van der Waals surface area contributed by atoms with Crippen LogP contribution in [-0.2, 0) is 16.4 Å². The molecule has 0 radical (unpaired) electrons. The van der Waals surface area contributed by atoms with E-state index in [0.717, 1.165) is 11.1 Å². The van der Waals surface area contributed by atoms with Crippen LogP contribution < -0.4 is 4.72 Å². The average molecular weight is 379 g/mol. The van der Waals surface area contributed by atoms with Crippen molar-refractivity contribution in [2.24, 2.45) is 0 Å². The van der Waals surface area contributed by atoms with Crippen LogP contribution in [0.2, 0.25) is 0 Å². The molecule has 1 heterocycles. The highest BCUT2D eigenvalue weighted by Crippen LogP contribution is 2.26. The summed E-state index contributed by atoms with van der Waals surface area (Å²) >= 11 is 0. The number of fused-ring (bicyclic) bond motifs is 1. The second-order valence-corrected chi connectivity index (χ2v) is 7.95. The fourth-order valence-electron chi connectivity index (χ4n) is 3.14. The van der Waals surface area contributed by atoms with E-state index >= 15 is 0 Å². The van der Waals surface area contributed by atoms with Gasteiger partial charge in [-0.15, -0.1) is 0 Å². The number of rotatable bonds is 4. The molecule has 1 aliphatic rings. The number of para-hydroxylation sites is 1. The Morgan fingerprint density at radius 3 is 2.59 bits per heavy atom. The summed E-state index contributed by atoms with van der Waals surface area (Å²) in [5, 5.41) is 4.12. The van der Waals surface area contributed by atoms with E-state index in [1.807, 2.05) is 24.3 Å². The Labute approximate surface area is 157 Å². The lowest BCUT2D eigenvalue weighted by atomic mass is 9.98. The Balaban J connectivity index is 1.63. The summed E-state index contributed by atoms with van der Waals surface area (Å²) < 4.78 is 29.2. The molecule has 1 amide bonds. The zero-order chi connectivity index (χ0) is 18.9. The van der Waals surface area contributed by atoms with Crippen LogP contribution in [0.25, 0.3) is 11.8 Å². The lowest BCUT2D eigenvalue weighted by Gasteiger charge is -2.17. The quantitative estimate of drug-likeness (QED) is 0.756. The van der Waals surface area contributed by atoms with Crippen molar-refractivity contribution in [1.29, 1.82) is 0 Å². The largest absolute Gasteiger partial charge is 0.268 e. The lowest BCUT2D eigenvalue weighted by Crippen LogP contribution is -2.32. The zero-order valence-corrected chi connectivity index (χ0v) is 15.2. The summed E-state index contributed by atoms with van der Waals surface area (Å²) in [5.41, 5.74) is 2.72. The zero-order valence-electron chi connectivity index (χ0n) is 14.4. The predicted molar refractivity (Wildman–Crippen MR) is 103 cm³/mol. The second kappa shape index (κ2) is 6.85. The number of hydrogen-bond acceptors (Lipinski definition) is 4. The van der Waals surface area contributed by atoms with Gasteiger partial charge in [0.15, 0.2) is 0 Å². The summed E-state index contributed by atoms with van der Waals surface area (Å²) in [6.07, 6.45) is 5.91. The Hall–Kier alpha value is -3.19. The molecule has 7 heteroatoms. The van der Waals surface area contributed by atoms with Gasteiger partial charge in [-0.05, 0) is 48.2 Å². The Morgan fingerprint density at radius 1 is 1.00 bits per heavy atom. The maximum absolute atomic E-state index is 12.8. The molecule has 0 saturated heterocycles. The number of carbonyl (C=O) groups is 1. The molecule has 0 aliphatic heterocycles. The van der Waals surface area contributed by atoms with Crippen LogP contribution in [-0.4, -0.2) is 24.1 Å². The lowest BCUT2D eigenvalue weighted by molar-refractivity contribution is 0.0981. The number of hydrogen-bond donors (Lipinski definition) is 1. The van der Waals surface area contributed by atoms with Gasteiger partial charge in [-0.1, -0.05) is 36.4 Å². The molecule has 0 atom stereocenters. The number of amides is 1. The van der Waals surface area contributed by atoms with E-state index in [0.29, 0.717) is 18.5 Å². The van der Waals surface area contributed by atoms with Gasteiger partial charge in [0.2, 0.25) is 0 Å². The molecule has 1 N–H and O–H groups in total. The van der Waals surface area contributed by atoms with Crippen LogP contribution in [0.15, 0.2) is 71.9 Å². The van der Waals surface area contributed by atoms with E-state index < -0.39 is 15.9 Å². The number of carbonyl (C=O) groups excluding carboxylic acids is 1. The third-order valence-electron chi connectivity index (χ3n) is 4.48. The van der Waals surface area contributed by atoms with E-state index in [-0.39, 0.29) is 10.5 Å². The summed E-state index contributed by atoms with van der Waals surface area (Å²) in [6.45, 7) is 0. The minimum absolute atomic E-state index is 0.214. The standard InChI is InChI=1S/C20H17N3O3S/c24-20(18-8-3-4-9-19(18)23-13-5-12-21-23)22-27(25,26)17-11-10-15-6-1-2-7-16(15)14-17/h1-9,12-14H,10-11H2,(H,22,24). The van der Waals surface area contributed by atoms with Gasteiger partial charge in [0.05, 0.1) is 16.2 Å². The first-order chi connectivity index (χ1) is 13.0. The van der Waals surface area contributed by atoms with Gasteiger partial charge in [0.25, 0.3) is 15.9 Å². The molecule has 1 aromatic heterocycles. The molecule has 1 aliphatic carbocycles. The van der Waals surface area contributed by atoms with Gasteiger partial charge in [0, 0.05) is 12.4 Å². The highest BCUT2D eigenvalue weighted by molar-refractivity contribution is 7.94. The van der Waals surface area contributed by atoms with Crippen molar-refractivity contribution in [3.05, 3.63) is 88.6 Å². The predicted octanol–water partition coefficient (Wildman–Crippen LogP) is 2.92. The topological polar surface area (TPSA) is 81.1 Å². The van der Waals surface area contributed by atoms with Crippen molar-refractivity contribution >= 4 is 22.0 Å². The first kappa shape index (κ1) is 17.2. The summed E-state index contributed by atoms with van der Waals surface area (Å²) in [5.74, 6) is -0.680. The van der Waals surface area contributed by atoms with Crippen molar-refractivity contribution in [1.82, 2.24) is 14.5 Å². The van der Waals surface area contributed by atoms with Gasteiger partial charge in [-0.2, -0.15) is 5.10 Å². The number of nitrogens with one attached hydrogen (secondary N) is 1. The van der Waals surface area contributed by atoms with Gasteiger partial charge in [0.1, 0.15) is 0 Å². The fraction of sp³-hybridized carbons (Fsp3) is 0.100. The van der Waals surface area contributed by atoms with E-state index in [2.05, 4.69) is 9.82 Å². The van der Waals surface area contributed by atoms with Gasteiger partial charge in [-0.3, -0.25) is 4.79 Å². The molecular weight excluding hydrogens is 362 g/mol. The van der Waals surface area contributed by atoms with Gasteiger partial charge >= 0.3 is 0 Å². The second-order valence-electron chi connectivity index (χ2n) is 6.21.